The summed E-state index contributed by atoms with van der Waals surface area (Å²) in [6.07, 6.45) is 2.80. The summed E-state index contributed by atoms with van der Waals surface area (Å²) in [6.45, 7) is 3.94. The average molecular weight is 490 g/mol. The van der Waals surface area contributed by atoms with Crippen molar-refractivity contribution >= 4 is 27.5 Å². The number of fused-ring (bicyclic) bond motifs is 1. The van der Waals surface area contributed by atoms with Crippen LogP contribution in [0.2, 0.25) is 0 Å². The summed E-state index contributed by atoms with van der Waals surface area (Å²) in [4.78, 5) is 27.6. The first-order valence-electron chi connectivity index (χ1n) is 11.2. The molecule has 0 fully saturated rings. The summed E-state index contributed by atoms with van der Waals surface area (Å²) in [6, 6.07) is 13.2. The zero-order valence-corrected chi connectivity index (χ0v) is 20.5. The molecule has 0 aromatic heterocycles. The number of hydrogen-bond donors (Lipinski definition) is 1. The molecule has 2 amide bonds. The van der Waals surface area contributed by atoms with Crippen LogP contribution in [-0.2, 0) is 26.2 Å². The van der Waals surface area contributed by atoms with Crippen molar-refractivity contribution in [1.82, 2.24) is 10.2 Å². The number of amides is 2. The van der Waals surface area contributed by atoms with Crippen LogP contribution in [0.25, 0.3) is 0 Å². The first kappa shape index (κ1) is 25.4. The van der Waals surface area contributed by atoms with E-state index in [1.165, 1.54) is 11.0 Å². The molecule has 3 rings (SSSR count). The Morgan fingerprint density at radius 3 is 2.47 bits per heavy atom. The minimum absolute atomic E-state index is 0.0477. The Balaban J connectivity index is 1.86. The SMILES string of the molecule is CCCCNC(=O)[C@@H](C)N(Cc1ccccc1)C(=O)CN(c1ccc2c(c1)OCO2)S(C)(=O)=O. The van der Waals surface area contributed by atoms with Gasteiger partial charge in [0.05, 0.1) is 11.9 Å². The Bertz CT molecular complexity index is 1110. The molecule has 0 radical (unpaired) electrons. The first-order chi connectivity index (χ1) is 16.2. The first-order valence-corrected chi connectivity index (χ1v) is 13.0. The van der Waals surface area contributed by atoms with Crippen molar-refractivity contribution in [3.05, 3.63) is 54.1 Å². The van der Waals surface area contributed by atoms with E-state index in [1.807, 2.05) is 37.3 Å². The highest BCUT2D eigenvalue weighted by Gasteiger charge is 2.30. The smallest absolute Gasteiger partial charge is 0.244 e. The number of nitrogens with one attached hydrogen (secondary N) is 1. The van der Waals surface area contributed by atoms with E-state index in [0.717, 1.165) is 29.0 Å². The third-order valence-electron chi connectivity index (χ3n) is 5.52. The molecule has 0 aliphatic carbocycles. The summed E-state index contributed by atoms with van der Waals surface area (Å²) in [5.41, 5.74) is 1.11. The van der Waals surface area contributed by atoms with Gasteiger partial charge in [0.15, 0.2) is 11.5 Å². The lowest BCUT2D eigenvalue weighted by atomic mass is 10.1. The normalized spacial score (nSPS) is 13.3. The molecule has 0 saturated heterocycles. The second-order valence-electron chi connectivity index (χ2n) is 8.13. The number of anilines is 1. The number of unbranched alkanes of at least 4 members (excludes halogenated alkanes) is 1. The van der Waals surface area contributed by atoms with Gasteiger partial charge in [-0.3, -0.25) is 13.9 Å². The maximum absolute atomic E-state index is 13.5. The summed E-state index contributed by atoms with van der Waals surface area (Å²) in [5, 5.41) is 2.85. The predicted molar refractivity (Wildman–Crippen MR) is 129 cm³/mol. The van der Waals surface area contributed by atoms with E-state index < -0.39 is 28.5 Å². The molecule has 1 aliphatic heterocycles. The van der Waals surface area contributed by atoms with Gasteiger partial charge in [0.25, 0.3) is 0 Å². The van der Waals surface area contributed by atoms with Gasteiger partial charge in [-0.15, -0.1) is 0 Å². The van der Waals surface area contributed by atoms with Crippen molar-refractivity contribution in [2.45, 2.75) is 39.3 Å². The van der Waals surface area contributed by atoms with Crippen LogP contribution in [0.15, 0.2) is 48.5 Å². The Labute approximate surface area is 200 Å². The average Bonchev–Trinajstić information content (AvgIpc) is 3.28. The predicted octanol–water partition coefficient (Wildman–Crippen LogP) is 2.51. The van der Waals surface area contributed by atoms with Crippen LogP contribution in [0, 0.1) is 0 Å². The Hall–Kier alpha value is -3.27. The van der Waals surface area contributed by atoms with Crippen molar-refractivity contribution in [2.75, 3.05) is 30.4 Å². The summed E-state index contributed by atoms with van der Waals surface area (Å²) < 4.78 is 36.9. The number of rotatable bonds is 11. The minimum atomic E-state index is -3.81. The standard InChI is InChI=1S/C24H31N3O6S/c1-4-5-13-25-24(29)18(2)26(15-19-9-7-6-8-10-19)23(28)16-27(34(3,30)31)20-11-12-21-22(14-20)33-17-32-21/h6-12,14,18H,4-5,13,15-17H2,1-3H3,(H,25,29)/t18-/m1/s1. The monoisotopic (exact) mass is 489 g/mol. The number of carbonyl (C=O) groups excluding carboxylic acids is 2. The van der Waals surface area contributed by atoms with Gasteiger partial charge >= 0.3 is 0 Å². The van der Waals surface area contributed by atoms with Gasteiger partial charge in [-0.05, 0) is 31.0 Å². The van der Waals surface area contributed by atoms with Gasteiger partial charge < -0.3 is 19.7 Å². The molecular weight excluding hydrogens is 458 g/mol. The number of carbonyl (C=O) groups is 2. The quantitative estimate of drug-likeness (QED) is 0.487. The lowest BCUT2D eigenvalue weighted by molar-refractivity contribution is -0.139. The molecule has 2 aromatic carbocycles. The second kappa shape index (κ2) is 11.2. The molecule has 184 valence electrons. The van der Waals surface area contributed by atoms with Gasteiger partial charge in [0.1, 0.15) is 12.6 Å². The topological polar surface area (TPSA) is 105 Å². The third kappa shape index (κ3) is 6.40. The number of hydrogen-bond acceptors (Lipinski definition) is 6. The van der Waals surface area contributed by atoms with E-state index in [2.05, 4.69) is 5.32 Å². The van der Waals surface area contributed by atoms with Crippen molar-refractivity contribution in [1.29, 1.82) is 0 Å². The highest BCUT2D eigenvalue weighted by Crippen LogP contribution is 2.36. The molecular formula is C24H31N3O6S. The maximum Gasteiger partial charge on any atom is 0.244 e. The summed E-state index contributed by atoms with van der Waals surface area (Å²) >= 11 is 0. The Morgan fingerprint density at radius 2 is 1.79 bits per heavy atom. The van der Waals surface area contributed by atoms with E-state index in [1.54, 1.807) is 19.1 Å². The zero-order chi connectivity index (χ0) is 24.7. The molecule has 1 atom stereocenters. The lowest BCUT2D eigenvalue weighted by Gasteiger charge is -2.31. The molecule has 10 heteroatoms. The molecule has 0 saturated carbocycles. The van der Waals surface area contributed by atoms with Crippen LogP contribution >= 0.6 is 0 Å². The Morgan fingerprint density at radius 1 is 1.09 bits per heavy atom. The minimum Gasteiger partial charge on any atom is -0.454 e. The largest absolute Gasteiger partial charge is 0.454 e. The van der Waals surface area contributed by atoms with E-state index in [9.17, 15) is 18.0 Å². The molecule has 9 nitrogen and oxygen atoms in total. The maximum atomic E-state index is 13.5. The van der Waals surface area contributed by atoms with Crippen molar-refractivity contribution < 1.29 is 27.5 Å². The van der Waals surface area contributed by atoms with E-state index in [0.29, 0.717) is 18.0 Å². The van der Waals surface area contributed by atoms with Crippen LogP contribution in [-0.4, -0.2) is 57.3 Å². The summed E-state index contributed by atoms with van der Waals surface area (Å²) in [5.74, 6) is 0.131. The van der Waals surface area contributed by atoms with Gasteiger partial charge in [-0.1, -0.05) is 43.7 Å². The fourth-order valence-electron chi connectivity index (χ4n) is 3.55. The number of ether oxygens (including phenoxy) is 2. The molecule has 34 heavy (non-hydrogen) atoms. The Kier molecular flexibility index (Phi) is 8.38. The van der Waals surface area contributed by atoms with Crippen molar-refractivity contribution in [3.63, 3.8) is 0 Å². The van der Waals surface area contributed by atoms with Crippen LogP contribution in [0.3, 0.4) is 0 Å². The lowest BCUT2D eigenvalue weighted by Crippen LogP contribution is -2.51. The van der Waals surface area contributed by atoms with Crippen LogP contribution in [0.1, 0.15) is 32.3 Å². The molecule has 2 aromatic rings. The highest BCUT2D eigenvalue weighted by molar-refractivity contribution is 7.92. The molecule has 1 heterocycles. The van der Waals surface area contributed by atoms with Crippen LogP contribution in [0.5, 0.6) is 11.5 Å². The van der Waals surface area contributed by atoms with Gasteiger partial charge in [0.2, 0.25) is 28.6 Å². The molecule has 0 spiro atoms. The highest BCUT2D eigenvalue weighted by atomic mass is 32.2. The van der Waals surface area contributed by atoms with Gasteiger partial charge in [-0.2, -0.15) is 0 Å². The molecule has 1 aliphatic rings. The van der Waals surface area contributed by atoms with E-state index in [4.69, 9.17) is 9.47 Å². The van der Waals surface area contributed by atoms with Crippen LogP contribution < -0.4 is 19.1 Å². The molecule has 1 N–H and O–H groups in total. The van der Waals surface area contributed by atoms with E-state index in [-0.39, 0.29) is 24.9 Å². The van der Waals surface area contributed by atoms with Crippen molar-refractivity contribution in [3.8, 4) is 11.5 Å². The number of nitrogens with zero attached hydrogens (tertiary/aromatic N) is 2. The second-order valence-corrected chi connectivity index (χ2v) is 10.0. The molecule has 0 bridgehead atoms. The summed E-state index contributed by atoms with van der Waals surface area (Å²) in [7, 11) is -3.81. The third-order valence-corrected chi connectivity index (χ3v) is 6.66. The number of sulfonamides is 1. The van der Waals surface area contributed by atoms with Crippen molar-refractivity contribution in [2.24, 2.45) is 0 Å². The van der Waals surface area contributed by atoms with Crippen LogP contribution in [0.4, 0.5) is 5.69 Å². The fourth-order valence-corrected chi connectivity index (χ4v) is 4.39. The fraction of sp³-hybridized carbons (Fsp3) is 0.417. The van der Waals surface area contributed by atoms with E-state index >= 15 is 0 Å². The zero-order valence-electron chi connectivity index (χ0n) is 19.7. The number of benzene rings is 2. The van der Waals surface area contributed by atoms with Gasteiger partial charge in [-0.25, -0.2) is 8.42 Å². The van der Waals surface area contributed by atoms with Gasteiger partial charge in [0, 0.05) is 19.2 Å². The molecule has 0 unspecified atom stereocenters.